The Hall–Kier alpha value is -1.95. The Kier molecular flexibility index (Phi) is 5.64. The van der Waals surface area contributed by atoms with Crippen LogP contribution in [0.5, 0.6) is 0 Å². The number of nitro benzene ring substituents is 1. The quantitative estimate of drug-likeness (QED) is 0.471. The van der Waals surface area contributed by atoms with E-state index >= 15 is 0 Å². The number of carbonyl (C=O) groups is 1. The lowest BCUT2D eigenvalue weighted by Crippen LogP contribution is -2.23. The van der Waals surface area contributed by atoms with E-state index < -0.39 is 4.92 Å². The Morgan fingerprint density at radius 2 is 2.10 bits per heavy atom. The summed E-state index contributed by atoms with van der Waals surface area (Å²) >= 11 is 0. The van der Waals surface area contributed by atoms with Crippen LogP contribution in [0.15, 0.2) is 18.2 Å². The standard InChI is InChI=1S/C14H21N3O3/c1-10(7-8-16(3)4)15-13-6-5-12(11(2)18)9-14(13)17(19)20/h5-6,9-10,15H,7-8H2,1-4H3. The molecule has 0 aromatic heterocycles. The third kappa shape index (κ3) is 4.62. The van der Waals surface area contributed by atoms with Crippen LogP contribution < -0.4 is 5.32 Å². The monoisotopic (exact) mass is 279 g/mol. The minimum Gasteiger partial charge on any atom is -0.377 e. The molecule has 0 aliphatic heterocycles. The minimum absolute atomic E-state index is 0.0607. The topological polar surface area (TPSA) is 75.5 Å². The molecule has 1 unspecified atom stereocenters. The zero-order chi connectivity index (χ0) is 15.3. The van der Waals surface area contributed by atoms with Gasteiger partial charge in [0, 0.05) is 17.7 Å². The van der Waals surface area contributed by atoms with Crippen molar-refractivity contribution in [3.63, 3.8) is 0 Å². The Balaban J connectivity index is 2.89. The first-order valence-electron chi connectivity index (χ1n) is 6.52. The number of carbonyl (C=O) groups excluding carboxylic acids is 1. The van der Waals surface area contributed by atoms with Gasteiger partial charge in [-0.15, -0.1) is 0 Å². The molecular formula is C14H21N3O3. The van der Waals surface area contributed by atoms with Gasteiger partial charge in [-0.25, -0.2) is 0 Å². The SMILES string of the molecule is CC(=O)c1ccc(NC(C)CCN(C)C)c([N+](=O)[O-])c1. The summed E-state index contributed by atoms with van der Waals surface area (Å²) in [7, 11) is 3.97. The van der Waals surface area contributed by atoms with Crippen LogP contribution in [0.25, 0.3) is 0 Å². The van der Waals surface area contributed by atoms with Gasteiger partial charge in [0.2, 0.25) is 0 Å². The van der Waals surface area contributed by atoms with Gasteiger partial charge >= 0.3 is 0 Å². The van der Waals surface area contributed by atoms with E-state index in [-0.39, 0.29) is 17.5 Å². The highest BCUT2D eigenvalue weighted by Gasteiger charge is 2.17. The van der Waals surface area contributed by atoms with Crippen LogP contribution in [-0.4, -0.2) is 42.3 Å². The number of nitrogens with one attached hydrogen (secondary N) is 1. The maximum atomic E-state index is 11.3. The van der Waals surface area contributed by atoms with Crippen molar-refractivity contribution in [3.8, 4) is 0 Å². The van der Waals surface area contributed by atoms with Gasteiger partial charge in [-0.1, -0.05) is 0 Å². The number of ketones is 1. The van der Waals surface area contributed by atoms with E-state index in [0.717, 1.165) is 13.0 Å². The van der Waals surface area contributed by atoms with Crippen molar-refractivity contribution in [1.29, 1.82) is 0 Å². The predicted molar refractivity (Wildman–Crippen MR) is 79.4 cm³/mol. The lowest BCUT2D eigenvalue weighted by atomic mass is 10.1. The fraction of sp³-hybridized carbons (Fsp3) is 0.500. The minimum atomic E-state index is -0.465. The van der Waals surface area contributed by atoms with Crippen LogP contribution in [-0.2, 0) is 0 Å². The molecule has 1 N–H and O–H groups in total. The zero-order valence-corrected chi connectivity index (χ0v) is 12.3. The normalized spacial score (nSPS) is 12.2. The highest BCUT2D eigenvalue weighted by atomic mass is 16.6. The first kappa shape index (κ1) is 16.1. The van der Waals surface area contributed by atoms with Gasteiger partial charge in [-0.05, 0) is 53.0 Å². The number of rotatable bonds is 7. The highest BCUT2D eigenvalue weighted by Crippen LogP contribution is 2.26. The molecule has 110 valence electrons. The maximum Gasteiger partial charge on any atom is 0.293 e. The van der Waals surface area contributed by atoms with Crippen LogP contribution in [0.3, 0.4) is 0 Å². The molecule has 0 fully saturated rings. The van der Waals surface area contributed by atoms with Gasteiger partial charge in [0.1, 0.15) is 5.69 Å². The molecule has 6 nitrogen and oxygen atoms in total. The second-order valence-corrected chi connectivity index (χ2v) is 5.18. The van der Waals surface area contributed by atoms with E-state index in [1.807, 2.05) is 21.0 Å². The summed E-state index contributed by atoms with van der Waals surface area (Å²) in [5.74, 6) is -0.180. The number of benzene rings is 1. The van der Waals surface area contributed by atoms with E-state index in [0.29, 0.717) is 11.3 Å². The number of Topliss-reactive ketones (excluding diaryl/α,β-unsaturated/α-hetero) is 1. The number of nitrogens with zero attached hydrogens (tertiary/aromatic N) is 2. The van der Waals surface area contributed by atoms with Crippen LogP contribution in [0.2, 0.25) is 0 Å². The van der Waals surface area contributed by atoms with Crippen molar-refractivity contribution in [3.05, 3.63) is 33.9 Å². The summed E-state index contributed by atoms with van der Waals surface area (Å²) in [5, 5.41) is 14.2. The fourth-order valence-corrected chi connectivity index (χ4v) is 1.81. The van der Waals surface area contributed by atoms with Crippen molar-refractivity contribution >= 4 is 17.2 Å². The van der Waals surface area contributed by atoms with Crippen molar-refractivity contribution in [1.82, 2.24) is 4.90 Å². The lowest BCUT2D eigenvalue weighted by Gasteiger charge is -2.18. The largest absolute Gasteiger partial charge is 0.377 e. The maximum absolute atomic E-state index is 11.3. The summed E-state index contributed by atoms with van der Waals surface area (Å²) in [4.78, 5) is 24.0. The summed E-state index contributed by atoms with van der Waals surface area (Å²) in [5.41, 5.74) is 0.740. The average Bonchev–Trinajstić information content (AvgIpc) is 2.36. The van der Waals surface area contributed by atoms with E-state index in [1.54, 1.807) is 12.1 Å². The first-order valence-corrected chi connectivity index (χ1v) is 6.52. The molecule has 0 saturated carbocycles. The van der Waals surface area contributed by atoms with Gasteiger partial charge < -0.3 is 10.2 Å². The number of hydrogen-bond donors (Lipinski definition) is 1. The highest BCUT2D eigenvalue weighted by molar-refractivity contribution is 5.95. The third-order valence-corrected chi connectivity index (χ3v) is 3.01. The molecule has 0 heterocycles. The second-order valence-electron chi connectivity index (χ2n) is 5.18. The molecule has 1 aromatic carbocycles. The second kappa shape index (κ2) is 7.00. The van der Waals surface area contributed by atoms with Crippen LogP contribution in [0.1, 0.15) is 30.6 Å². The molecule has 1 rings (SSSR count). The van der Waals surface area contributed by atoms with Crippen molar-refractivity contribution < 1.29 is 9.72 Å². The predicted octanol–water partition coefficient (Wildman–Crippen LogP) is 2.55. The first-order chi connectivity index (χ1) is 9.31. The van der Waals surface area contributed by atoms with Gasteiger partial charge in [0.05, 0.1) is 4.92 Å². The molecule has 6 heteroatoms. The average molecular weight is 279 g/mol. The fourth-order valence-electron chi connectivity index (χ4n) is 1.81. The molecule has 0 saturated heterocycles. The van der Waals surface area contributed by atoms with Gasteiger partial charge in [0.25, 0.3) is 5.69 Å². The molecule has 0 aliphatic carbocycles. The molecule has 0 spiro atoms. The van der Waals surface area contributed by atoms with E-state index in [4.69, 9.17) is 0 Å². The molecule has 0 amide bonds. The molecule has 0 bridgehead atoms. The van der Waals surface area contributed by atoms with Crippen LogP contribution >= 0.6 is 0 Å². The Morgan fingerprint density at radius 3 is 2.60 bits per heavy atom. The summed E-state index contributed by atoms with van der Waals surface area (Å²) < 4.78 is 0. The van der Waals surface area contributed by atoms with E-state index in [2.05, 4.69) is 10.2 Å². The van der Waals surface area contributed by atoms with Gasteiger partial charge in [-0.3, -0.25) is 14.9 Å². The molecule has 1 aromatic rings. The van der Waals surface area contributed by atoms with Crippen molar-refractivity contribution in [2.45, 2.75) is 26.3 Å². The number of hydrogen-bond acceptors (Lipinski definition) is 5. The van der Waals surface area contributed by atoms with E-state index in [1.165, 1.54) is 13.0 Å². The summed E-state index contributed by atoms with van der Waals surface area (Å²) in [6.45, 7) is 4.27. The number of anilines is 1. The zero-order valence-electron chi connectivity index (χ0n) is 12.3. The van der Waals surface area contributed by atoms with E-state index in [9.17, 15) is 14.9 Å². The molecular weight excluding hydrogens is 258 g/mol. The molecule has 20 heavy (non-hydrogen) atoms. The molecule has 0 radical (unpaired) electrons. The summed E-state index contributed by atoms with van der Waals surface area (Å²) in [6.07, 6.45) is 0.874. The lowest BCUT2D eigenvalue weighted by molar-refractivity contribution is -0.384. The van der Waals surface area contributed by atoms with Crippen LogP contribution in [0, 0.1) is 10.1 Å². The smallest absolute Gasteiger partial charge is 0.293 e. The molecule has 1 atom stereocenters. The summed E-state index contributed by atoms with van der Waals surface area (Å²) in [6, 6.07) is 4.64. The van der Waals surface area contributed by atoms with Crippen molar-refractivity contribution in [2.24, 2.45) is 0 Å². The van der Waals surface area contributed by atoms with Gasteiger partial charge in [-0.2, -0.15) is 0 Å². The van der Waals surface area contributed by atoms with Crippen LogP contribution in [0.4, 0.5) is 11.4 Å². The Bertz CT molecular complexity index is 500. The van der Waals surface area contributed by atoms with Crippen molar-refractivity contribution in [2.75, 3.05) is 26.0 Å². The number of nitro groups is 1. The Labute approximate surface area is 118 Å². The molecule has 0 aliphatic rings. The Morgan fingerprint density at radius 1 is 1.45 bits per heavy atom. The van der Waals surface area contributed by atoms with Gasteiger partial charge in [0.15, 0.2) is 5.78 Å². The third-order valence-electron chi connectivity index (χ3n) is 3.01.